The van der Waals surface area contributed by atoms with Crippen LogP contribution in [0.1, 0.15) is 22.3 Å². The molecule has 23 heavy (non-hydrogen) atoms. The Morgan fingerprint density at radius 3 is 2.13 bits per heavy atom. The predicted molar refractivity (Wildman–Crippen MR) is 94.0 cm³/mol. The van der Waals surface area contributed by atoms with Crippen molar-refractivity contribution in [3.05, 3.63) is 77.0 Å². The van der Waals surface area contributed by atoms with Crippen LogP contribution in [0.3, 0.4) is 0 Å². The molecule has 0 unspecified atom stereocenters. The van der Waals surface area contributed by atoms with Gasteiger partial charge in [0.25, 0.3) is 0 Å². The summed E-state index contributed by atoms with van der Waals surface area (Å²) < 4.78 is 0. The van der Waals surface area contributed by atoms with Crippen molar-refractivity contribution in [1.82, 2.24) is 4.98 Å². The first-order valence-corrected chi connectivity index (χ1v) is 7.63. The van der Waals surface area contributed by atoms with Gasteiger partial charge in [-0.3, -0.25) is 4.98 Å². The highest BCUT2D eigenvalue weighted by atomic mass is 14.7. The van der Waals surface area contributed by atoms with Crippen molar-refractivity contribution in [1.29, 1.82) is 5.26 Å². The molecule has 0 aliphatic carbocycles. The molecule has 2 heteroatoms. The summed E-state index contributed by atoms with van der Waals surface area (Å²) in [4.78, 5) is 4.56. The maximum absolute atomic E-state index is 8.94. The predicted octanol–water partition coefficient (Wildman–Crippen LogP) is 5.21. The van der Waals surface area contributed by atoms with Gasteiger partial charge in [0.15, 0.2) is 0 Å². The van der Waals surface area contributed by atoms with Crippen LogP contribution in [0.2, 0.25) is 0 Å². The van der Waals surface area contributed by atoms with Crippen LogP contribution in [0.15, 0.2) is 54.7 Å². The van der Waals surface area contributed by atoms with Crippen LogP contribution in [0, 0.1) is 32.1 Å². The Bertz CT molecular complexity index is 900. The molecule has 0 aliphatic rings. The van der Waals surface area contributed by atoms with Gasteiger partial charge in [0.05, 0.1) is 17.3 Å². The van der Waals surface area contributed by atoms with E-state index >= 15 is 0 Å². The molecule has 0 saturated heterocycles. The zero-order valence-corrected chi connectivity index (χ0v) is 13.6. The summed E-state index contributed by atoms with van der Waals surface area (Å²) in [6, 6.07) is 18.4. The lowest BCUT2D eigenvalue weighted by Gasteiger charge is -2.10. The zero-order valence-electron chi connectivity index (χ0n) is 13.6. The van der Waals surface area contributed by atoms with E-state index in [2.05, 4.69) is 56.1 Å². The van der Waals surface area contributed by atoms with Crippen molar-refractivity contribution in [2.45, 2.75) is 20.8 Å². The van der Waals surface area contributed by atoms with Crippen molar-refractivity contribution in [3.8, 4) is 28.5 Å². The molecule has 0 fully saturated rings. The Labute approximate surface area is 137 Å². The summed E-state index contributed by atoms with van der Waals surface area (Å²) in [6.07, 6.45) is 1.92. The van der Waals surface area contributed by atoms with Crippen molar-refractivity contribution < 1.29 is 0 Å². The van der Waals surface area contributed by atoms with Gasteiger partial charge in [-0.15, -0.1) is 0 Å². The van der Waals surface area contributed by atoms with Gasteiger partial charge >= 0.3 is 0 Å². The van der Waals surface area contributed by atoms with Crippen LogP contribution in [-0.4, -0.2) is 4.98 Å². The van der Waals surface area contributed by atoms with Crippen LogP contribution in [0.5, 0.6) is 0 Å². The molecule has 2 nitrogen and oxygen atoms in total. The number of nitrogens with zero attached hydrogens (tertiary/aromatic N) is 2. The summed E-state index contributed by atoms with van der Waals surface area (Å²) in [5.74, 6) is 0. The Hall–Kier alpha value is -2.92. The van der Waals surface area contributed by atoms with E-state index in [1.165, 1.54) is 22.3 Å². The maximum atomic E-state index is 8.94. The van der Waals surface area contributed by atoms with Gasteiger partial charge in [-0.25, -0.2) is 0 Å². The van der Waals surface area contributed by atoms with E-state index in [1.807, 2.05) is 30.5 Å². The first-order valence-electron chi connectivity index (χ1n) is 7.63. The summed E-state index contributed by atoms with van der Waals surface area (Å²) >= 11 is 0. The fourth-order valence-corrected chi connectivity index (χ4v) is 2.60. The minimum atomic E-state index is 0.679. The topological polar surface area (TPSA) is 36.7 Å². The largest absolute Gasteiger partial charge is 0.256 e. The highest BCUT2D eigenvalue weighted by Crippen LogP contribution is 2.29. The molecule has 0 bridgehead atoms. The molecule has 0 atom stereocenters. The molecule has 0 amide bonds. The van der Waals surface area contributed by atoms with Crippen LogP contribution in [-0.2, 0) is 0 Å². The van der Waals surface area contributed by atoms with E-state index < -0.39 is 0 Å². The summed E-state index contributed by atoms with van der Waals surface area (Å²) in [5, 5.41) is 8.94. The average Bonchev–Trinajstić information content (AvgIpc) is 2.58. The molecule has 2 aromatic carbocycles. The van der Waals surface area contributed by atoms with E-state index in [4.69, 9.17) is 5.26 Å². The molecule has 0 N–H and O–H groups in total. The Morgan fingerprint density at radius 2 is 1.48 bits per heavy atom. The number of rotatable bonds is 2. The number of benzene rings is 2. The second-order valence-electron chi connectivity index (χ2n) is 5.87. The third kappa shape index (κ3) is 3.00. The third-order valence-electron chi connectivity index (χ3n) is 4.23. The maximum Gasteiger partial charge on any atom is 0.0991 e. The number of aryl methyl sites for hydroxylation is 3. The van der Waals surface area contributed by atoms with E-state index in [0.717, 1.165) is 16.8 Å². The van der Waals surface area contributed by atoms with Gasteiger partial charge in [0.1, 0.15) is 0 Å². The SMILES string of the molecule is Cc1cnc(-c2ccc(C)c(-c3ccc(C#N)cc3)c2)cc1C. The van der Waals surface area contributed by atoms with E-state index in [-0.39, 0.29) is 0 Å². The van der Waals surface area contributed by atoms with Crippen LogP contribution < -0.4 is 0 Å². The Morgan fingerprint density at radius 1 is 0.783 bits per heavy atom. The summed E-state index contributed by atoms with van der Waals surface area (Å²) in [7, 11) is 0. The highest BCUT2D eigenvalue weighted by molar-refractivity contribution is 5.74. The number of hydrogen-bond donors (Lipinski definition) is 0. The summed E-state index contributed by atoms with van der Waals surface area (Å²) in [5.41, 5.74) is 8.73. The van der Waals surface area contributed by atoms with Crippen LogP contribution in [0.4, 0.5) is 0 Å². The van der Waals surface area contributed by atoms with Gasteiger partial charge < -0.3 is 0 Å². The molecule has 3 aromatic rings. The number of aromatic nitrogens is 1. The number of pyridine rings is 1. The molecular weight excluding hydrogens is 280 g/mol. The molecule has 0 saturated carbocycles. The van der Waals surface area contributed by atoms with Gasteiger partial charge in [0, 0.05) is 11.8 Å². The van der Waals surface area contributed by atoms with Crippen molar-refractivity contribution in [2.75, 3.05) is 0 Å². The Balaban J connectivity index is 2.08. The van der Waals surface area contributed by atoms with Gasteiger partial charge in [-0.2, -0.15) is 5.26 Å². The van der Waals surface area contributed by atoms with E-state index in [9.17, 15) is 0 Å². The van der Waals surface area contributed by atoms with E-state index in [0.29, 0.717) is 5.56 Å². The lowest BCUT2D eigenvalue weighted by molar-refractivity contribution is 1.22. The first kappa shape index (κ1) is 15.0. The lowest BCUT2D eigenvalue weighted by atomic mass is 9.96. The van der Waals surface area contributed by atoms with Crippen molar-refractivity contribution >= 4 is 0 Å². The van der Waals surface area contributed by atoms with Gasteiger partial charge in [0.2, 0.25) is 0 Å². The molecule has 1 aromatic heterocycles. The standard InChI is InChI=1S/C21H18N2/c1-14-4-7-19(21-10-15(2)16(3)13-23-21)11-20(14)18-8-5-17(12-22)6-9-18/h4-11,13H,1-3H3. The summed E-state index contributed by atoms with van der Waals surface area (Å²) in [6.45, 7) is 6.28. The monoisotopic (exact) mass is 298 g/mol. The zero-order chi connectivity index (χ0) is 16.4. The van der Waals surface area contributed by atoms with Gasteiger partial charge in [-0.05, 0) is 72.9 Å². The normalized spacial score (nSPS) is 10.3. The first-order chi connectivity index (χ1) is 11.1. The van der Waals surface area contributed by atoms with Crippen molar-refractivity contribution in [2.24, 2.45) is 0 Å². The second-order valence-corrected chi connectivity index (χ2v) is 5.87. The molecular formula is C21H18N2. The molecule has 0 radical (unpaired) electrons. The molecule has 3 rings (SSSR count). The molecule has 1 heterocycles. The fourth-order valence-electron chi connectivity index (χ4n) is 2.60. The quantitative estimate of drug-likeness (QED) is 0.651. The smallest absolute Gasteiger partial charge is 0.0991 e. The number of nitriles is 1. The second kappa shape index (κ2) is 6.06. The lowest BCUT2D eigenvalue weighted by Crippen LogP contribution is -1.90. The highest BCUT2D eigenvalue weighted by Gasteiger charge is 2.07. The van der Waals surface area contributed by atoms with Gasteiger partial charge in [-0.1, -0.05) is 24.3 Å². The molecule has 112 valence electrons. The molecule has 0 spiro atoms. The number of hydrogen-bond acceptors (Lipinski definition) is 2. The third-order valence-corrected chi connectivity index (χ3v) is 4.23. The minimum absolute atomic E-state index is 0.679. The van der Waals surface area contributed by atoms with E-state index in [1.54, 1.807) is 0 Å². The van der Waals surface area contributed by atoms with Crippen LogP contribution in [0.25, 0.3) is 22.4 Å². The minimum Gasteiger partial charge on any atom is -0.256 e. The molecule has 0 aliphatic heterocycles. The average molecular weight is 298 g/mol. The van der Waals surface area contributed by atoms with Crippen LogP contribution >= 0.6 is 0 Å². The van der Waals surface area contributed by atoms with Crippen molar-refractivity contribution in [3.63, 3.8) is 0 Å². The fraction of sp³-hybridized carbons (Fsp3) is 0.143. The Kier molecular flexibility index (Phi) is 3.95.